The number of hydrogen-bond donors (Lipinski definition) is 2. The number of anilines is 2. The van der Waals surface area contributed by atoms with Crippen molar-refractivity contribution >= 4 is 45.3 Å². The predicted octanol–water partition coefficient (Wildman–Crippen LogP) is 6.88. The van der Waals surface area contributed by atoms with E-state index >= 15 is 0 Å². The van der Waals surface area contributed by atoms with Crippen LogP contribution in [0, 0.1) is 49.9 Å². The molecule has 2 heterocycles. The number of ether oxygens (including phenoxy) is 1. The van der Waals surface area contributed by atoms with E-state index in [0.29, 0.717) is 33.2 Å². The minimum Gasteiger partial charge on any atom is -0.465 e. The molecular formula is C26H21F5N4O2S2. The van der Waals surface area contributed by atoms with Crippen LogP contribution in [-0.2, 0) is 11.3 Å². The number of nitrogens with one attached hydrogen (secondary N) is 2. The molecule has 0 atom stereocenters. The zero-order valence-corrected chi connectivity index (χ0v) is 22.6. The van der Waals surface area contributed by atoms with Crippen LogP contribution in [0.15, 0.2) is 30.3 Å². The molecule has 0 radical (unpaired) electrons. The molecule has 0 fully saturated rings. The fraction of sp³-hybridized carbons (Fsp3) is 0.192. The minimum absolute atomic E-state index is 0.0722. The monoisotopic (exact) mass is 580 g/mol. The molecule has 0 spiro atoms. The molecule has 0 amide bonds. The van der Waals surface area contributed by atoms with Crippen LogP contribution in [0.2, 0.25) is 0 Å². The van der Waals surface area contributed by atoms with Gasteiger partial charge in [0.1, 0.15) is 10.6 Å². The van der Waals surface area contributed by atoms with Gasteiger partial charge in [0.25, 0.3) is 0 Å². The molecule has 204 valence electrons. The Labute approximate surface area is 229 Å². The van der Waals surface area contributed by atoms with Crippen molar-refractivity contribution in [3.63, 3.8) is 0 Å². The lowest BCUT2D eigenvalue weighted by Crippen LogP contribution is -2.21. The second-order valence-electron chi connectivity index (χ2n) is 8.43. The highest BCUT2D eigenvalue weighted by atomic mass is 32.1. The largest absolute Gasteiger partial charge is 0.465 e. The predicted molar refractivity (Wildman–Crippen MR) is 143 cm³/mol. The first kappa shape index (κ1) is 28.2. The molecule has 0 saturated heterocycles. The van der Waals surface area contributed by atoms with Gasteiger partial charge in [-0.05, 0) is 38.6 Å². The van der Waals surface area contributed by atoms with E-state index < -0.39 is 47.2 Å². The molecule has 0 aliphatic carbocycles. The molecule has 13 heteroatoms. The zero-order valence-electron chi connectivity index (χ0n) is 21.0. The smallest absolute Gasteiger partial charge is 0.341 e. The molecule has 4 rings (SSSR count). The maximum atomic E-state index is 14.2. The van der Waals surface area contributed by atoms with E-state index in [9.17, 15) is 26.7 Å². The molecule has 0 aliphatic heterocycles. The number of methoxy groups -OCH3 is 1. The molecule has 0 bridgehead atoms. The van der Waals surface area contributed by atoms with Crippen LogP contribution in [-0.4, -0.2) is 28.0 Å². The van der Waals surface area contributed by atoms with E-state index in [1.807, 2.05) is 37.3 Å². The highest BCUT2D eigenvalue weighted by Gasteiger charge is 2.28. The van der Waals surface area contributed by atoms with E-state index in [1.54, 1.807) is 13.8 Å². The number of thiocarbonyl (C=S) groups is 1. The van der Waals surface area contributed by atoms with Gasteiger partial charge in [0, 0.05) is 10.4 Å². The number of thiophene rings is 1. The van der Waals surface area contributed by atoms with Gasteiger partial charge < -0.3 is 15.4 Å². The molecular weight excluding hydrogens is 559 g/mol. The number of carbonyl (C=O) groups is 1. The standard InChI is InChI=1S/C26H21F5N4O2S2/c1-11-23(12(2)35(34-11)10-15-18(27)20(29)22(31)21(30)19(15)28)32-26(38)33-24-17(25(36)37-4)16(13(3)39-24)14-8-6-5-7-9-14/h5-9H,10H2,1-4H3,(H2,32,33,38). The summed E-state index contributed by atoms with van der Waals surface area (Å²) in [7, 11) is 1.27. The summed E-state index contributed by atoms with van der Waals surface area (Å²) in [5, 5.41) is 10.6. The normalized spacial score (nSPS) is 11.0. The first-order valence-corrected chi connectivity index (χ1v) is 12.6. The average molecular weight is 581 g/mol. The number of aromatic nitrogens is 2. The van der Waals surface area contributed by atoms with Gasteiger partial charge in [-0.25, -0.2) is 26.7 Å². The first-order chi connectivity index (χ1) is 18.5. The van der Waals surface area contributed by atoms with Gasteiger partial charge in [0.2, 0.25) is 5.82 Å². The van der Waals surface area contributed by atoms with Gasteiger partial charge in [-0.2, -0.15) is 5.10 Å². The van der Waals surface area contributed by atoms with Crippen molar-refractivity contribution in [3.05, 3.63) is 86.8 Å². The van der Waals surface area contributed by atoms with Crippen molar-refractivity contribution in [2.75, 3.05) is 17.7 Å². The molecule has 6 nitrogen and oxygen atoms in total. The zero-order chi connectivity index (χ0) is 28.6. The van der Waals surface area contributed by atoms with Crippen molar-refractivity contribution in [3.8, 4) is 11.1 Å². The molecule has 0 saturated carbocycles. The lowest BCUT2D eigenvalue weighted by Gasteiger charge is -2.12. The van der Waals surface area contributed by atoms with E-state index in [1.165, 1.54) is 18.4 Å². The average Bonchev–Trinajstić information content (AvgIpc) is 3.38. The van der Waals surface area contributed by atoms with Crippen LogP contribution in [0.25, 0.3) is 11.1 Å². The second-order valence-corrected chi connectivity index (χ2v) is 10.1. The molecule has 0 aliphatic rings. The van der Waals surface area contributed by atoms with E-state index in [4.69, 9.17) is 17.0 Å². The Balaban J connectivity index is 1.62. The third-order valence-corrected chi connectivity index (χ3v) is 7.22. The fourth-order valence-corrected chi connectivity index (χ4v) is 5.44. The quantitative estimate of drug-likeness (QED) is 0.0853. The molecule has 2 aromatic carbocycles. The van der Waals surface area contributed by atoms with E-state index in [-0.39, 0.29) is 5.11 Å². The Morgan fingerprint density at radius 3 is 2.15 bits per heavy atom. The summed E-state index contributed by atoms with van der Waals surface area (Å²) in [6, 6.07) is 9.30. The summed E-state index contributed by atoms with van der Waals surface area (Å²) in [5.41, 5.74) is 1.82. The van der Waals surface area contributed by atoms with Gasteiger partial charge in [-0.1, -0.05) is 30.3 Å². The van der Waals surface area contributed by atoms with Gasteiger partial charge in [-0.3, -0.25) is 4.68 Å². The summed E-state index contributed by atoms with van der Waals surface area (Å²) in [5.74, 6) is -10.7. The van der Waals surface area contributed by atoms with Crippen LogP contribution in [0.1, 0.15) is 32.2 Å². The van der Waals surface area contributed by atoms with Crippen molar-refractivity contribution < 1.29 is 31.5 Å². The maximum absolute atomic E-state index is 14.2. The van der Waals surface area contributed by atoms with Gasteiger partial charge >= 0.3 is 5.97 Å². The lowest BCUT2D eigenvalue weighted by molar-refractivity contribution is 0.0603. The Morgan fingerprint density at radius 1 is 0.974 bits per heavy atom. The highest BCUT2D eigenvalue weighted by molar-refractivity contribution is 7.80. The lowest BCUT2D eigenvalue weighted by atomic mass is 10.0. The third-order valence-electron chi connectivity index (χ3n) is 5.99. The number of benzene rings is 2. The molecule has 39 heavy (non-hydrogen) atoms. The summed E-state index contributed by atoms with van der Waals surface area (Å²) >= 11 is 6.75. The second kappa shape index (κ2) is 11.1. The number of hydrogen-bond acceptors (Lipinski definition) is 5. The first-order valence-electron chi connectivity index (χ1n) is 11.4. The van der Waals surface area contributed by atoms with Crippen LogP contribution < -0.4 is 10.6 Å². The van der Waals surface area contributed by atoms with Crippen molar-refractivity contribution in [1.29, 1.82) is 0 Å². The van der Waals surface area contributed by atoms with Gasteiger partial charge in [-0.15, -0.1) is 11.3 Å². The van der Waals surface area contributed by atoms with Crippen LogP contribution >= 0.6 is 23.6 Å². The van der Waals surface area contributed by atoms with Gasteiger partial charge in [0.15, 0.2) is 28.4 Å². The topological polar surface area (TPSA) is 68.2 Å². The van der Waals surface area contributed by atoms with Crippen LogP contribution in [0.5, 0.6) is 0 Å². The number of halogens is 5. The Morgan fingerprint density at radius 2 is 1.56 bits per heavy atom. The Bertz CT molecular complexity index is 1570. The third kappa shape index (κ3) is 5.23. The summed E-state index contributed by atoms with van der Waals surface area (Å²) in [6.45, 7) is 4.27. The van der Waals surface area contributed by atoms with E-state index in [2.05, 4.69) is 15.7 Å². The maximum Gasteiger partial charge on any atom is 0.341 e. The molecule has 0 unspecified atom stereocenters. The SMILES string of the molecule is COC(=O)c1c(NC(=S)Nc2c(C)nn(Cc3c(F)c(F)c(F)c(F)c3F)c2C)sc(C)c1-c1ccccc1. The summed E-state index contributed by atoms with van der Waals surface area (Å²) in [6.07, 6.45) is 0. The van der Waals surface area contributed by atoms with E-state index in [0.717, 1.165) is 15.1 Å². The van der Waals surface area contributed by atoms with Crippen molar-refractivity contribution in [1.82, 2.24) is 9.78 Å². The fourth-order valence-electron chi connectivity index (χ4n) is 4.10. The Kier molecular flexibility index (Phi) is 8.02. The number of rotatable bonds is 6. The van der Waals surface area contributed by atoms with Crippen LogP contribution in [0.3, 0.4) is 0 Å². The molecule has 2 N–H and O–H groups in total. The number of nitrogens with zero attached hydrogens (tertiary/aromatic N) is 2. The Hall–Kier alpha value is -3.84. The van der Waals surface area contributed by atoms with Crippen molar-refractivity contribution in [2.45, 2.75) is 27.3 Å². The molecule has 4 aromatic rings. The van der Waals surface area contributed by atoms with Crippen LogP contribution in [0.4, 0.5) is 32.6 Å². The highest BCUT2D eigenvalue weighted by Crippen LogP contribution is 2.40. The van der Waals surface area contributed by atoms with Crippen molar-refractivity contribution in [2.24, 2.45) is 0 Å². The number of carbonyl (C=O) groups excluding carboxylic acids is 1. The van der Waals surface area contributed by atoms with Gasteiger partial charge in [0.05, 0.1) is 36.3 Å². The molecule has 2 aromatic heterocycles. The number of aryl methyl sites for hydroxylation is 2. The number of esters is 1. The minimum atomic E-state index is -2.23. The summed E-state index contributed by atoms with van der Waals surface area (Å²) in [4.78, 5) is 13.6. The summed E-state index contributed by atoms with van der Waals surface area (Å²) < 4.78 is 75.3.